The van der Waals surface area contributed by atoms with Crippen LogP contribution in [0.15, 0.2) is 0 Å². The lowest BCUT2D eigenvalue weighted by molar-refractivity contribution is -0.139. The smallest absolute Gasteiger partial charge is 0.245 e. The number of hydrogen-bond acceptors (Lipinski definition) is 3. The van der Waals surface area contributed by atoms with Crippen LogP contribution in [0, 0.1) is 0 Å². The second-order valence-corrected chi connectivity index (χ2v) is 6.00. The van der Waals surface area contributed by atoms with Crippen LogP contribution in [-0.4, -0.2) is 59.6 Å². The molecule has 0 aromatic rings. The summed E-state index contributed by atoms with van der Waals surface area (Å²) in [5.74, 6) is -0.284. The molecule has 17 heavy (non-hydrogen) atoms. The van der Waals surface area contributed by atoms with Crippen LogP contribution in [0.2, 0.25) is 0 Å². The van der Waals surface area contributed by atoms with Crippen molar-refractivity contribution in [1.29, 1.82) is 0 Å². The van der Waals surface area contributed by atoms with Crippen LogP contribution in [0.1, 0.15) is 27.7 Å². The maximum atomic E-state index is 12.7. The van der Waals surface area contributed by atoms with Gasteiger partial charge in [0, 0.05) is 31.7 Å². The Morgan fingerprint density at radius 2 is 1.65 bits per heavy atom. The molecule has 0 spiro atoms. The van der Waals surface area contributed by atoms with Crippen molar-refractivity contribution < 1.29 is 9.18 Å². The summed E-state index contributed by atoms with van der Waals surface area (Å²) in [5, 5.41) is 0. The molecule has 5 heteroatoms. The topological polar surface area (TPSA) is 49.6 Å². The first-order chi connectivity index (χ1) is 7.68. The molecular formula is C12H24FN3O. The van der Waals surface area contributed by atoms with Crippen LogP contribution in [-0.2, 0) is 4.79 Å². The van der Waals surface area contributed by atoms with Crippen molar-refractivity contribution in [3.63, 3.8) is 0 Å². The minimum atomic E-state index is -1.37. The van der Waals surface area contributed by atoms with Gasteiger partial charge in [-0.1, -0.05) is 0 Å². The Balaban J connectivity index is 2.56. The van der Waals surface area contributed by atoms with Crippen LogP contribution in [0.4, 0.5) is 4.39 Å². The first-order valence-electron chi connectivity index (χ1n) is 6.08. The SMILES string of the molecule is CC(C)(C)N1CCN(C(=O)[C@](C)(N)CF)CC1. The highest BCUT2D eigenvalue weighted by Crippen LogP contribution is 2.17. The second-order valence-electron chi connectivity index (χ2n) is 6.00. The van der Waals surface area contributed by atoms with E-state index >= 15 is 0 Å². The second kappa shape index (κ2) is 4.90. The van der Waals surface area contributed by atoms with Gasteiger partial charge < -0.3 is 10.6 Å². The first-order valence-corrected chi connectivity index (χ1v) is 6.08. The van der Waals surface area contributed by atoms with Gasteiger partial charge in [-0.15, -0.1) is 0 Å². The molecule has 0 unspecified atom stereocenters. The molecule has 1 aliphatic heterocycles. The number of carbonyl (C=O) groups is 1. The Bertz CT molecular complexity index is 278. The molecule has 0 aliphatic carbocycles. The zero-order valence-electron chi connectivity index (χ0n) is 11.3. The molecule has 1 atom stereocenters. The van der Waals surface area contributed by atoms with Gasteiger partial charge in [0.05, 0.1) is 0 Å². The van der Waals surface area contributed by atoms with Crippen molar-refractivity contribution in [3.8, 4) is 0 Å². The predicted molar refractivity (Wildman–Crippen MR) is 66.5 cm³/mol. The Kier molecular flexibility index (Phi) is 4.15. The Labute approximate surface area is 103 Å². The lowest BCUT2D eigenvalue weighted by Gasteiger charge is -2.43. The predicted octanol–water partition coefficient (Wildman–Crippen LogP) is 0.616. The number of carbonyl (C=O) groups excluding carboxylic acids is 1. The van der Waals surface area contributed by atoms with E-state index in [9.17, 15) is 9.18 Å². The van der Waals surface area contributed by atoms with Gasteiger partial charge in [0.25, 0.3) is 0 Å². The highest BCUT2D eigenvalue weighted by Gasteiger charge is 2.35. The van der Waals surface area contributed by atoms with E-state index < -0.39 is 12.2 Å². The van der Waals surface area contributed by atoms with Crippen molar-refractivity contribution in [2.75, 3.05) is 32.9 Å². The minimum Gasteiger partial charge on any atom is -0.338 e. The van der Waals surface area contributed by atoms with Gasteiger partial charge in [0.15, 0.2) is 0 Å². The Morgan fingerprint density at radius 1 is 1.18 bits per heavy atom. The van der Waals surface area contributed by atoms with Gasteiger partial charge in [-0.05, 0) is 27.7 Å². The number of hydrogen-bond donors (Lipinski definition) is 1. The van der Waals surface area contributed by atoms with E-state index in [2.05, 4.69) is 25.7 Å². The molecule has 1 fully saturated rings. The fourth-order valence-corrected chi connectivity index (χ4v) is 2.00. The summed E-state index contributed by atoms with van der Waals surface area (Å²) in [4.78, 5) is 15.9. The van der Waals surface area contributed by atoms with Crippen molar-refractivity contribution in [3.05, 3.63) is 0 Å². The standard InChI is InChI=1S/C12H24FN3O/c1-11(2,3)16-7-5-15(6-8-16)10(17)12(4,14)9-13/h5-9,14H2,1-4H3/t12-/m1/s1. The summed E-state index contributed by atoms with van der Waals surface area (Å²) in [6.45, 7) is 9.98. The monoisotopic (exact) mass is 245 g/mol. The number of nitrogens with zero attached hydrogens (tertiary/aromatic N) is 2. The Morgan fingerprint density at radius 3 is 2.00 bits per heavy atom. The molecule has 0 aromatic heterocycles. The number of piperazine rings is 1. The molecule has 4 nitrogen and oxygen atoms in total. The van der Waals surface area contributed by atoms with Crippen LogP contribution in [0.3, 0.4) is 0 Å². The quantitative estimate of drug-likeness (QED) is 0.776. The van der Waals surface area contributed by atoms with E-state index in [1.165, 1.54) is 6.92 Å². The van der Waals surface area contributed by atoms with E-state index in [0.29, 0.717) is 13.1 Å². The number of amides is 1. The minimum absolute atomic E-state index is 0.112. The van der Waals surface area contributed by atoms with E-state index in [4.69, 9.17) is 5.73 Å². The van der Waals surface area contributed by atoms with Crippen LogP contribution >= 0.6 is 0 Å². The van der Waals surface area contributed by atoms with Crippen molar-refractivity contribution >= 4 is 5.91 Å². The lowest BCUT2D eigenvalue weighted by atomic mass is 10.0. The molecule has 1 saturated heterocycles. The summed E-state index contributed by atoms with van der Waals surface area (Å²) in [5.41, 5.74) is 4.37. The largest absolute Gasteiger partial charge is 0.338 e. The van der Waals surface area contributed by atoms with E-state index in [0.717, 1.165) is 13.1 Å². The molecule has 100 valence electrons. The van der Waals surface area contributed by atoms with Crippen molar-refractivity contribution in [2.24, 2.45) is 5.73 Å². The molecular weight excluding hydrogens is 221 g/mol. The number of rotatable bonds is 2. The Hall–Kier alpha value is -0.680. The summed E-state index contributed by atoms with van der Waals surface area (Å²) < 4.78 is 12.7. The van der Waals surface area contributed by atoms with Crippen LogP contribution < -0.4 is 5.73 Å². The zero-order valence-corrected chi connectivity index (χ0v) is 11.3. The molecule has 0 radical (unpaired) electrons. The summed E-state index contributed by atoms with van der Waals surface area (Å²) in [6, 6.07) is 0. The molecule has 0 aromatic carbocycles. The summed E-state index contributed by atoms with van der Waals surface area (Å²) >= 11 is 0. The fraction of sp³-hybridized carbons (Fsp3) is 0.917. The van der Waals surface area contributed by atoms with E-state index in [-0.39, 0.29) is 11.4 Å². The molecule has 1 aliphatic rings. The van der Waals surface area contributed by atoms with E-state index in [1.54, 1.807) is 4.90 Å². The van der Waals surface area contributed by atoms with Crippen molar-refractivity contribution in [2.45, 2.75) is 38.8 Å². The van der Waals surface area contributed by atoms with E-state index in [1.807, 2.05) is 0 Å². The maximum absolute atomic E-state index is 12.7. The fourth-order valence-electron chi connectivity index (χ4n) is 2.00. The lowest BCUT2D eigenvalue weighted by Crippen LogP contribution is -2.61. The summed E-state index contributed by atoms with van der Waals surface area (Å²) in [7, 11) is 0. The van der Waals surface area contributed by atoms with Crippen LogP contribution in [0.25, 0.3) is 0 Å². The zero-order chi connectivity index (χ0) is 13.3. The number of nitrogens with two attached hydrogens (primary N) is 1. The third-order valence-corrected chi connectivity index (χ3v) is 3.28. The van der Waals surface area contributed by atoms with Crippen LogP contribution in [0.5, 0.6) is 0 Å². The van der Waals surface area contributed by atoms with Gasteiger partial charge in [-0.25, -0.2) is 4.39 Å². The average molecular weight is 245 g/mol. The highest BCUT2D eigenvalue weighted by atomic mass is 19.1. The molecule has 2 N–H and O–H groups in total. The average Bonchev–Trinajstić information content (AvgIpc) is 2.27. The number of halogens is 1. The molecule has 1 heterocycles. The molecule has 1 rings (SSSR count). The number of alkyl halides is 1. The third kappa shape index (κ3) is 3.39. The maximum Gasteiger partial charge on any atom is 0.245 e. The van der Waals surface area contributed by atoms with Gasteiger partial charge >= 0.3 is 0 Å². The van der Waals surface area contributed by atoms with Gasteiger partial charge in [0.2, 0.25) is 5.91 Å². The van der Waals surface area contributed by atoms with Gasteiger partial charge in [0.1, 0.15) is 12.2 Å². The van der Waals surface area contributed by atoms with Gasteiger partial charge in [-0.2, -0.15) is 0 Å². The normalized spacial score (nSPS) is 22.4. The molecule has 0 saturated carbocycles. The highest BCUT2D eigenvalue weighted by molar-refractivity contribution is 5.86. The van der Waals surface area contributed by atoms with Crippen molar-refractivity contribution in [1.82, 2.24) is 9.80 Å². The summed E-state index contributed by atoms with van der Waals surface area (Å²) in [6.07, 6.45) is 0. The first kappa shape index (κ1) is 14.4. The molecule has 0 bridgehead atoms. The molecule has 1 amide bonds. The third-order valence-electron chi connectivity index (χ3n) is 3.28. The van der Waals surface area contributed by atoms with Gasteiger partial charge in [-0.3, -0.25) is 9.69 Å².